The summed E-state index contributed by atoms with van der Waals surface area (Å²) >= 11 is 6.16. The lowest BCUT2D eigenvalue weighted by Gasteiger charge is -2.27. The van der Waals surface area contributed by atoms with E-state index in [0.29, 0.717) is 16.7 Å². The maximum atomic E-state index is 6.16. The predicted octanol–water partition coefficient (Wildman–Crippen LogP) is 4.22. The predicted molar refractivity (Wildman–Crippen MR) is 84.4 cm³/mol. The number of aryl methyl sites for hydroxylation is 1. The number of halogens is 1. The highest BCUT2D eigenvalue weighted by atomic mass is 35.5. The van der Waals surface area contributed by atoms with Crippen molar-refractivity contribution in [3.05, 3.63) is 41.2 Å². The van der Waals surface area contributed by atoms with E-state index < -0.39 is 0 Å². The van der Waals surface area contributed by atoms with Gasteiger partial charge in [0.25, 0.3) is 0 Å². The van der Waals surface area contributed by atoms with Gasteiger partial charge in [-0.3, -0.25) is 0 Å². The van der Waals surface area contributed by atoms with Gasteiger partial charge in [0, 0.05) is 19.2 Å². The van der Waals surface area contributed by atoms with E-state index in [1.807, 2.05) is 31.2 Å². The van der Waals surface area contributed by atoms with E-state index in [0.717, 1.165) is 24.5 Å². The van der Waals surface area contributed by atoms with Crippen molar-refractivity contribution < 1.29 is 4.74 Å². The van der Waals surface area contributed by atoms with Crippen molar-refractivity contribution in [2.45, 2.75) is 26.2 Å². The molecule has 1 aliphatic rings. The minimum atomic E-state index is 0.526. The third-order valence-electron chi connectivity index (χ3n) is 3.61. The van der Waals surface area contributed by atoms with E-state index in [9.17, 15) is 0 Å². The first-order valence-corrected chi connectivity index (χ1v) is 7.61. The Morgan fingerprint density at radius 3 is 2.71 bits per heavy atom. The van der Waals surface area contributed by atoms with Crippen LogP contribution in [0.25, 0.3) is 0 Å². The fraction of sp³-hybridized carbons (Fsp3) is 0.375. The number of nitrogens with zero attached hydrogens (tertiary/aromatic N) is 3. The van der Waals surface area contributed by atoms with Crippen LogP contribution in [0.3, 0.4) is 0 Å². The summed E-state index contributed by atoms with van der Waals surface area (Å²) in [7, 11) is 0. The van der Waals surface area contributed by atoms with E-state index in [2.05, 4.69) is 14.9 Å². The molecule has 0 bridgehead atoms. The average molecular weight is 304 g/mol. The minimum Gasteiger partial charge on any atom is -0.437 e. The molecule has 4 nitrogen and oxygen atoms in total. The molecule has 0 saturated carbocycles. The molecule has 2 heterocycles. The Balaban J connectivity index is 1.81. The van der Waals surface area contributed by atoms with Crippen LogP contribution < -0.4 is 9.64 Å². The second kappa shape index (κ2) is 6.31. The summed E-state index contributed by atoms with van der Waals surface area (Å²) in [4.78, 5) is 10.8. The number of aromatic nitrogens is 2. The molecule has 0 spiro atoms. The standard InChI is InChI=1S/C16H18ClN3O/c1-12-5-6-13(17)14(9-12)21-16-10-15(18-11-19-16)20-7-3-2-4-8-20/h5-6,9-11H,2-4,7-8H2,1H3. The van der Waals surface area contributed by atoms with Crippen molar-refractivity contribution in [2.75, 3.05) is 18.0 Å². The first-order chi connectivity index (χ1) is 10.2. The van der Waals surface area contributed by atoms with E-state index in [-0.39, 0.29) is 0 Å². The van der Waals surface area contributed by atoms with Gasteiger partial charge in [-0.25, -0.2) is 9.97 Å². The van der Waals surface area contributed by atoms with Crippen molar-refractivity contribution >= 4 is 17.4 Å². The fourth-order valence-electron chi connectivity index (χ4n) is 2.48. The van der Waals surface area contributed by atoms with Gasteiger partial charge in [0.1, 0.15) is 17.9 Å². The monoisotopic (exact) mass is 303 g/mol. The average Bonchev–Trinajstić information content (AvgIpc) is 2.52. The van der Waals surface area contributed by atoms with Crippen LogP contribution in [0, 0.1) is 6.92 Å². The second-order valence-corrected chi connectivity index (χ2v) is 5.71. The number of hydrogen-bond donors (Lipinski definition) is 0. The lowest BCUT2D eigenvalue weighted by Crippen LogP contribution is -2.30. The fourth-order valence-corrected chi connectivity index (χ4v) is 2.64. The molecule has 110 valence electrons. The van der Waals surface area contributed by atoms with Gasteiger partial charge in [0.05, 0.1) is 5.02 Å². The highest BCUT2D eigenvalue weighted by Gasteiger charge is 2.13. The van der Waals surface area contributed by atoms with Crippen LogP contribution >= 0.6 is 11.6 Å². The lowest BCUT2D eigenvalue weighted by molar-refractivity contribution is 0.460. The SMILES string of the molecule is Cc1ccc(Cl)c(Oc2cc(N3CCCCC3)ncn2)c1. The smallest absolute Gasteiger partial charge is 0.224 e. The molecule has 1 fully saturated rings. The summed E-state index contributed by atoms with van der Waals surface area (Å²) < 4.78 is 5.81. The molecule has 0 N–H and O–H groups in total. The highest BCUT2D eigenvalue weighted by Crippen LogP contribution is 2.30. The van der Waals surface area contributed by atoms with Crippen molar-refractivity contribution in [3.8, 4) is 11.6 Å². The number of ether oxygens (including phenoxy) is 1. The van der Waals surface area contributed by atoms with Crippen LogP contribution in [0.15, 0.2) is 30.6 Å². The zero-order chi connectivity index (χ0) is 14.7. The summed E-state index contributed by atoms with van der Waals surface area (Å²) in [5.41, 5.74) is 1.10. The summed E-state index contributed by atoms with van der Waals surface area (Å²) in [6.45, 7) is 4.09. The Bertz CT molecular complexity index is 627. The molecule has 1 aliphatic heterocycles. The number of piperidine rings is 1. The number of anilines is 1. The molecule has 0 atom stereocenters. The Morgan fingerprint density at radius 1 is 1.10 bits per heavy atom. The first-order valence-electron chi connectivity index (χ1n) is 7.23. The van der Waals surface area contributed by atoms with Crippen LogP contribution in [0.1, 0.15) is 24.8 Å². The van der Waals surface area contributed by atoms with Crippen molar-refractivity contribution in [3.63, 3.8) is 0 Å². The van der Waals surface area contributed by atoms with Crippen molar-refractivity contribution in [1.82, 2.24) is 9.97 Å². The Hall–Kier alpha value is -1.81. The molecule has 0 radical (unpaired) electrons. The molecular formula is C16H18ClN3O. The van der Waals surface area contributed by atoms with Gasteiger partial charge in [-0.05, 0) is 43.9 Å². The molecule has 0 amide bonds. The number of benzene rings is 1. The molecule has 0 unspecified atom stereocenters. The summed E-state index contributed by atoms with van der Waals surface area (Å²) in [6, 6.07) is 7.57. The van der Waals surface area contributed by atoms with Crippen LogP contribution in [0.5, 0.6) is 11.6 Å². The second-order valence-electron chi connectivity index (χ2n) is 5.30. The minimum absolute atomic E-state index is 0.526. The summed E-state index contributed by atoms with van der Waals surface area (Å²) in [5, 5.41) is 0.582. The molecule has 0 aliphatic carbocycles. The zero-order valence-corrected chi connectivity index (χ0v) is 12.8. The number of hydrogen-bond acceptors (Lipinski definition) is 4. The Labute approximate surface area is 129 Å². The first kappa shape index (κ1) is 14.1. The summed E-state index contributed by atoms with van der Waals surface area (Å²) in [6.07, 6.45) is 5.26. The van der Waals surface area contributed by atoms with Gasteiger partial charge in [0.2, 0.25) is 5.88 Å². The normalized spacial score (nSPS) is 15.0. The Morgan fingerprint density at radius 2 is 1.90 bits per heavy atom. The van der Waals surface area contributed by atoms with Crippen LogP contribution in [0.4, 0.5) is 5.82 Å². The molecule has 1 aromatic carbocycles. The van der Waals surface area contributed by atoms with E-state index >= 15 is 0 Å². The van der Waals surface area contributed by atoms with Crippen molar-refractivity contribution in [2.24, 2.45) is 0 Å². The summed E-state index contributed by atoms with van der Waals surface area (Å²) in [5.74, 6) is 2.07. The maximum Gasteiger partial charge on any atom is 0.224 e. The van der Waals surface area contributed by atoms with Crippen LogP contribution in [0.2, 0.25) is 5.02 Å². The van der Waals surface area contributed by atoms with Gasteiger partial charge in [0.15, 0.2) is 0 Å². The zero-order valence-electron chi connectivity index (χ0n) is 12.1. The molecule has 5 heteroatoms. The highest BCUT2D eigenvalue weighted by molar-refractivity contribution is 6.32. The van der Waals surface area contributed by atoms with E-state index in [1.54, 1.807) is 6.33 Å². The Kier molecular flexibility index (Phi) is 4.25. The molecule has 3 rings (SSSR count). The van der Waals surface area contributed by atoms with Gasteiger partial charge < -0.3 is 9.64 Å². The molecule has 21 heavy (non-hydrogen) atoms. The third-order valence-corrected chi connectivity index (χ3v) is 3.92. The van der Waals surface area contributed by atoms with Gasteiger partial charge in [-0.15, -0.1) is 0 Å². The van der Waals surface area contributed by atoms with Gasteiger partial charge in [-0.2, -0.15) is 0 Å². The topological polar surface area (TPSA) is 38.2 Å². The van der Waals surface area contributed by atoms with Gasteiger partial charge in [-0.1, -0.05) is 17.7 Å². The largest absolute Gasteiger partial charge is 0.437 e. The molecule has 1 saturated heterocycles. The van der Waals surface area contributed by atoms with Gasteiger partial charge >= 0.3 is 0 Å². The molecule has 2 aromatic rings. The quantitative estimate of drug-likeness (QED) is 0.851. The maximum absolute atomic E-state index is 6.16. The van der Waals surface area contributed by atoms with Crippen molar-refractivity contribution in [1.29, 1.82) is 0 Å². The molecular weight excluding hydrogens is 286 g/mol. The van der Waals surface area contributed by atoms with E-state index in [4.69, 9.17) is 16.3 Å². The third kappa shape index (κ3) is 3.45. The van der Waals surface area contributed by atoms with Crippen LogP contribution in [-0.2, 0) is 0 Å². The van der Waals surface area contributed by atoms with Crippen LogP contribution in [-0.4, -0.2) is 23.1 Å². The lowest BCUT2D eigenvalue weighted by atomic mass is 10.1. The number of rotatable bonds is 3. The van der Waals surface area contributed by atoms with E-state index in [1.165, 1.54) is 19.3 Å². The molecule has 1 aromatic heterocycles.